The quantitative estimate of drug-likeness (QED) is 0.166. The molecule has 11 rings (SSSR count). The number of hydrogen-bond donors (Lipinski definition) is 0. The van der Waals surface area contributed by atoms with Gasteiger partial charge in [-0.3, -0.25) is 0 Å². The molecule has 8 aromatic carbocycles. The Morgan fingerprint density at radius 2 is 0.864 bits per heavy atom. The van der Waals surface area contributed by atoms with Gasteiger partial charge in [-0.25, -0.2) is 0 Å². The van der Waals surface area contributed by atoms with Crippen LogP contribution in [0.4, 0.5) is 34.3 Å². The standard InChI is InChI=1S/C74H77N5O.Pt/c1-70(2,3)49-36-37-64-59(43-49)57-30-19-21-32-62(57)78(53-26-17-16-18-27-53)63-33-22-20-31-58(63)60-46-61(74(13,14)15)68(47-67(60)79(64)69-44-50(38-39-75-69)71(4,5)6)80-56-29-25-28-54(45-56)76-48-77(66-35-24-23-34-65(66)76)55-41-51(72(7,8)9)40-52(42-55)73(10,11)12;/h16-47H,1-15H3;. The van der Waals surface area contributed by atoms with Crippen LogP contribution < -0.4 is 14.5 Å². The maximum atomic E-state index is 7.51. The van der Waals surface area contributed by atoms with Gasteiger partial charge in [0.25, 0.3) is 0 Å². The Bertz CT molecular complexity index is 4060. The van der Waals surface area contributed by atoms with Crippen molar-refractivity contribution in [1.29, 1.82) is 0 Å². The van der Waals surface area contributed by atoms with Crippen molar-refractivity contribution >= 4 is 45.3 Å². The van der Waals surface area contributed by atoms with Crippen molar-refractivity contribution in [3.63, 3.8) is 0 Å². The van der Waals surface area contributed by atoms with Crippen molar-refractivity contribution in [1.82, 2.24) is 14.1 Å². The van der Waals surface area contributed by atoms with E-state index in [1.54, 1.807) is 0 Å². The van der Waals surface area contributed by atoms with Crippen molar-refractivity contribution in [2.24, 2.45) is 0 Å². The SMILES string of the molecule is CC(C)(C)c1cc(-n2[c](=[Pt])n(-c3cccc(Oc4cc5c(cc4C(C)(C)C)-c4ccccc4N(c4ccccc4)c4ccccc4-c4cc(C(C)(C)C)ccc4N5c4cc(C(C)(C)C)ccn4)c3)c3ccccc32)cc(C(C)(C)C)c1. The van der Waals surface area contributed by atoms with Gasteiger partial charge in [-0.2, -0.15) is 0 Å². The molecule has 0 aliphatic carbocycles. The Morgan fingerprint density at radius 1 is 0.358 bits per heavy atom. The van der Waals surface area contributed by atoms with Gasteiger partial charge >= 0.3 is 313 Å². The molecule has 10 aromatic rings. The molecule has 0 unspecified atom stereocenters. The van der Waals surface area contributed by atoms with Gasteiger partial charge in [0.15, 0.2) is 0 Å². The summed E-state index contributed by atoms with van der Waals surface area (Å²) in [5.41, 5.74) is 19.4. The van der Waals surface area contributed by atoms with E-state index in [1.165, 1.54) is 22.3 Å². The molecule has 2 aromatic heterocycles. The first-order valence-electron chi connectivity index (χ1n) is 28.5. The van der Waals surface area contributed by atoms with E-state index in [0.717, 1.165) is 99.8 Å². The molecular formula is C74H77N5OPt. The maximum absolute atomic E-state index is 7.51. The van der Waals surface area contributed by atoms with Gasteiger partial charge in [-0.1, -0.05) is 96.1 Å². The Kier molecular flexibility index (Phi) is 14.0. The Labute approximate surface area is 492 Å². The van der Waals surface area contributed by atoms with Gasteiger partial charge < -0.3 is 4.90 Å². The third-order valence-electron chi connectivity index (χ3n) is 15.9. The van der Waals surface area contributed by atoms with Crippen LogP contribution in [0, 0.1) is 3.80 Å². The van der Waals surface area contributed by atoms with E-state index in [2.05, 4.69) is 330 Å². The van der Waals surface area contributed by atoms with Crippen LogP contribution in [0.1, 0.15) is 132 Å². The van der Waals surface area contributed by atoms with E-state index in [9.17, 15) is 0 Å². The minimum atomic E-state index is -0.349. The predicted molar refractivity (Wildman–Crippen MR) is 337 cm³/mol. The molecule has 7 heteroatoms. The number of rotatable bonds is 6. The molecule has 414 valence electrons. The zero-order chi connectivity index (χ0) is 57.6. The van der Waals surface area contributed by atoms with Crippen LogP contribution in [-0.4, -0.2) is 14.1 Å². The van der Waals surface area contributed by atoms with Crippen molar-refractivity contribution in [2.45, 2.75) is 131 Å². The van der Waals surface area contributed by atoms with Crippen molar-refractivity contribution in [3.8, 4) is 45.1 Å². The molecule has 0 saturated carbocycles. The first-order valence-corrected chi connectivity index (χ1v) is 29.7. The number of nitrogens with zero attached hydrogens (tertiary/aromatic N) is 5. The van der Waals surface area contributed by atoms with Crippen LogP contribution in [0.5, 0.6) is 11.5 Å². The average Bonchev–Trinajstić information content (AvgIpc) is 3.89. The number of fused-ring (bicyclic) bond motifs is 7. The predicted octanol–water partition coefficient (Wildman–Crippen LogP) is 20.8. The first-order chi connectivity index (χ1) is 38.3. The molecule has 0 N–H and O–H groups in total. The van der Waals surface area contributed by atoms with E-state index in [1.807, 2.05) is 6.20 Å². The number of imidazole rings is 1. The van der Waals surface area contributed by atoms with Gasteiger partial charge in [-0.05, 0) is 58.4 Å². The fourth-order valence-electron chi connectivity index (χ4n) is 11.2. The molecule has 81 heavy (non-hydrogen) atoms. The molecule has 0 radical (unpaired) electrons. The second-order valence-corrected chi connectivity index (χ2v) is 28.1. The van der Waals surface area contributed by atoms with E-state index in [4.69, 9.17) is 9.72 Å². The molecule has 0 spiro atoms. The number of benzene rings is 8. The average molecular weight is 1250 g/mol. The molecule has 0 amide bonds. The van der Waals surface area contributed by atoms with Gasteiger partial charge in [0.1, 0.15) is 0 Å². The Hall–Kier alpha value is -7.53. The third kappa shape index (κ3) is 10.6. The van der Waals surface area contributed by atoms with Crippen LogP contribution in [0.2, 0.25) is 0 Å². The summed E-state index contributed by atoms with van der Waals surface area (Å²) in [6, 6.07) is 69.3. The number of ether oxygens (including phenoxy) is 1. The zero-order valence-electron chi connectivity index (χ0n) is 49.9. The Morgan fingerprint density at radius 3 is 1.44 bits per heavy atom. The van der Waals surface area contributed by atoms with Crippen LogP contribution in [0.25, 0.3) is 44.7 Å². The van der Waals surface area contributed by atoms with Crippen molar-refractivity contribution < 1.29 is 24.1 Å². The number of aromatic nitrogens is 3. The van der Waals surface area contributed by atoms with Crippen LogP contribution in [0.15, 0.2) is 194 Å². The van der Waals surface area contributed by atoms with Crippen molar-refractivity contribution in [3.05, 3.63) is 226 Å². The third-order valence-corrected chi connectivity index (χ3v) is 16.9. The number of para-hydroxylation sites is 5. The summed E-state index contributed by atoms with van der Waals surface area (Å²) in [5.74, 6) is 2.33. The van der Waals surface area contributed by atoms with Gasteiger partial charge in [0.05, 0.1) is 5.69 Å². The van der Waals surface area contributed by atoms with Crippen LogP contribution in [0.3, 0.4) is 0 Å². The van der Waals surface area contributed by atoms with E-state index < -0.39 is 0 Å². The molecule has 3 heterocycles. The van der Waals surface area contributed by atoms with E-state index in [0.29, 0.717) is 0 Å². The summed E-state index contributed by atoms with van der Waals surface area (Å²) >= 11 is 2.53. The minimum absolute atomic E-state index is 0.0355. The number of anilines is 6. The normalized spacial score (nSPS) is 13.1. The topological polar surface area (TPSA) is 38.5 Å². The molecule has 0 bridgehead atoms. The van der Waals surface area contributed by atoms with Gasteiger partial charge in [-0.15, -0.1) is 0 Å². The fraction of sp³-hybridized carbons (Fsp3) is 0.270. The summed E-state index contributed by atoms with van der Waals surface area (Å²) in [4.78, 5) is 10.2. The fourth-order valence-corrected chi connectivity index (χ4v) is 12.4. The van der Waals surface area contributed by atoms with Crippen molar-refractivity contribution in [2.75, 3.05) is 9.80 Å². The zero-order valence-corrected chi connectivity index (χ0v) is 52.2. The molecule has 0 fully saturated rings. The molecular weight excluding hydrogens is 1170 g/mol. The van der Waals surface area contributed by atoms with Gasteiger partial charge in [0, 0.05) is 17.4 Å². The molecule has 0 atom stereocenters. The number of pyridine rings is 1. The molecule has 6 nitrogen and oxygen atoms in total. The molecule has 0 saturated heterocycles. The second kappa shape index (κ2) is 20.5. The van der Waals surface area contributed by atoms with E-state index >= 15 is 0 Å². The summed E-state index contributed by atoms with van der Waals surface area (Å²) < 4.78 is 13.4. The second-order valence-electron chi connectivity index (χ2n) is 27.1. The monoisotopic (exact) mass is 1250 g/mol. The summed E-state index contributed by atoms with van der Waals surface area (Å²) in [5, 5.41) is 0. The Balaban J connectivity index is 1.18. The summed E-state index contributed by atoms with van der Waals surface area (Å²) in [6.45, 7) is 34.4. The number of hydrogen-bond acceptors (Lipinski definition) is 4. The summed E-state index contributed by atoms with van der Waals surface area (Å²) in [6.07, 6.45) is 1.98. The molecule has 1 aliphatic rings. The molecule has 1 aliphatic heterocycles. The van der Waals surface area contributed by atoms with Gasteiger partial charge in [0.2, 0.25) is 0 Å². The first kappa shape index (κ1) is 55.4. The van der Waals surface area contributed by atoms with Crippen LogP contribution >= 0.6 is 0 Å². The van der Waals surface area contributed by atoms with E-state index in [-0.39, 0.29) is 27.1 Å². The summed E-state index contributed by atoms with van der Waals surface area (Å²) in [7, 11) is 0. The van der Waals surface area contributed by atoms with Crippen LogP contribution in [-0.2, 0) is 46.4 Å².